The number of rotatable bonds is 9. The maximum Gasteiger partial charge on any atom is 0.192 e. The molecule has 0 N–H and O–H groups in total. The van der Waals surface area contributed by atoms with Crippen LogP contribution >= 0.6 is 0 Å². The van der Waals surface area contributed by atoms with E-state index in [0.29, 0.717) is 10.5 Å². The summed E-state index contributed by atoms with van der Waals surface area (Å²) in [7, 11) is -3.20. The van der Waals surface area contributed by atoms with E-state index in [4.69, 9.17) is 4.43 Å². The summed E-state index contributed by atoms with van der Waals surface area (Å²) in [6.45, 7) is 29.0. The van der Waals surface area contributed by atoms with E-state index in [-0.39, 0.29) is 5.22 Å². The summed E-state index contributed by atoms with van der Waals surface area (Å²) >= 11 is 0. The van der Waals surface area contributed by atoms with Crippen LogP contribution in [0.1, 0.15) is 81.1 Å². The highest BCUT2D eigenvalue weighted by molar-refractivity contribution is 6.82. The highest BCUT2D eigenvalue weighted by atomic mass is 28.4. The lowest BCUT2D eigenvalue weighted by Gasteiger charge is -2.50. The van der Waals surface area contributed by atoms with Crippen LogP contribution in [-0.4, -0.2) is 21.6 Å². The fourth-order valence-electron chi connectivity index (χ4n) is 2.82. The summed E-state index contributed by atoms with van der Waals surface area (Å²) < 4.78 is 7.02. The molecule has 0 aliphatic carbocycles. The van der Waals surface area contributed by atoms with Gasteiger partial charge in [-0.15, -0.1) is 0 Å². The van der Waals surface area contributed by atoms with Crippen molar-refractivity contribution >= 4 is 16.4 Å². The topological polar surface area (TPSA) is 9.23 Å². The van der Waals surface area contributed by atoms with Crippen LogP contribution in [-0.2, 0) is 4.43 Å². The lowest BCUT2D eigenvalue weighted by molar-refractivity contribution is 0.158. The van der Waals surface area contributed by atoms with E-state index in [9.17, 15) is 0 Å². The normalized spacial score (nSPS) is 15.1. The molecule has 140 valence electrons. The molecule has 0 aliphatic rings. The zero-order valence-corrected chi connectivity index (χ0v) is 20.4. The molecule has 0 atom stereocenters. The molecule has 0 aliphatic heterocycles. The Morgan fingerprint density at radius 1 is 0.783 bits per heavy atom. The first-order valence-electron chi connectivity index (χ1n) is 9.68. The van der Waals surface area contributed by atoms with Gasteiger partial charge in [0.1, 0.15) is 0 Å². The van der Waals surface area contributed by atoms with Crippen molar-refractivity contribution in [2.24, 2.45) is 5.41 Å². The smallest absolute Gasteiger partial charge is 0.192 e. The molecule has 0 amide bonds. The second-order valence-electron chi connectivity index (χ2n) is 11.1. The van der Waals surface area contributed by atoms with E-state index in [0.717, 1.165) is 0 Å². The van der Waals surface area contributed by atoms with Crippen LogP contribution in [0, 0.1) is 5.41 Å². The van der Waals surface area contributed by atoms with Crippen LogP contribution in [0.15, 0.2) is 0 Å². The molecule has 0 aromatic carbocycles. The first-order chi connectivity index (χ1) is 9.97. The highest BCUT2D eigenvalue weighted by Crippen LogP contribution is 2.46. The van der Waals surface area contributed by atoms with Crippen LogP contribution in [0.3, 0.4) is 0 Å². The summed E-state index contributed by atoms with van der Waals surface area (Å²) in [4.78, 5) is 0. The summed E-state index contributed by atoms with van der Waals surface area (Å²) in [5.41, 5.74) is 0.424. The number of hydrogen-bond donors (Lipinski definition) is 0. The average molecular weight is 359 g/mol. The van der Waals surface area contributed by atoms with Crippen LogP contribution in [0.25, 0.3) is 0 Å². The van der Waals surface area contributed by atoms with Crippen molar-refractivity contribution in [2.75, 3.05) is 0 Å². The van der Waals surface area contributed by atoms with Gasteiger partial charge in [-0.2, -0.15) is 0 Å². The van der Waals surface area contributed by atoms with Gasteiger partial charge in [-0.3, -0.25) is 0 Å². The Bertz CT molecular complexity index is 362. The first-order valence-corrected chi connectivity index (χ1v) is 15.8. The van der Waals surface area contributed by atoms with E-state index in [1.807, 2.05) is 0 Å². The Morgan fingerprint density at radius 3 is 1.65 bits per heavy atom. The van der Waals surface area contributed by atoms with Gasteiger partial charge in [0, 0.05) is 5.22 Å². The Morgan fingerprint density at radius 2 is 1.26 bits per heavy atom. The predicted molar refractivity (Wildman–Crippen MR) is 113 cm³/mol. The van der Waals surface area contributed by atoms with Crippen LogP contribution in [0.2, 0.25) is 37.3 Å². The molecular formula is C20H46OSi2. The van der Waals surface area contributed by atoms with Gasteiger partial charge in [-0.25, -0.2) is 0 Å². The average Bonchev–Trinajstić information content (AvgIpc) is 2.31. The molecule has 0 rings (SSSR count). The Hall–Kier alpha value is 0.394. The van der Waals surface area contributed by atoms with Crippen LogP contribution in [0.5, 0.6) is 0 Å². The lowest BCUT2D eigenvalue weighted by Crippen LogP contribution is -2.59. The van der Waals surface area contributed by atoms with Crippen molar-refractivity contribution in [2.45, 2.75) is 124 Å². The maximum absolute atomic E-state index is 7.02. The Labute approximate surface area is 150 Å². The molecule has 23 heavy (non-hydrogen) atoms. The van der Waals surface area contributed by atoms with Crippen LogP contribution in [0.4, 0.5) is 0 Å². The molecule has 0 aromatic rings. The monoisotopic (exact) mass is 358 g/mol. The first kappa shape index (κ1) is 23.4. The van der Waals surface area contributed by atoms with Crippen molar-refractivity contribution in [3.8, 4) is 0 Å². The van der Waals surface area contributed by atoms with E-state index in [1.54, 1.807) is 0 Å². The third-order valence-electron chi connectivity index (χ3n) is 6.43. The van der Waals surface area contributed by atoms with Gasteiger partial charge >= 0.3 is 0 Å². The van der Waals surface area contributed by atoms with Gasteiger partial charge in [0.25, 0.3) is 0 Å². The highest BCUT2D eigenvalue weighted by Gasteiger charge is 2.49. The van der Waals surface area contributed by atoms with Gasteiger partial charge in [0.2, 0.25) is 0 Å². The largest absolute Gasteiger partial charge is 0.415 e. The minimum absolute atomic E-state index is 0.0530. The third kappa shape index (κ3) is 7.03. The van der Waals surface area contributed by atoms with E-state index < -0.39 is 16.4 Å². The summed E-state index contributed by atoms with van der Waals surface area (Å²) in [5.74, 6) is 0. The van der Waals surface area contributed by atoms with Crippen molar-refractivity contribution < 1.29 is 4.43 Å². The van der Waals surface area contributed by atoms with E-state index >= 15 is 0 Å². The Kier molecular flexibility index (Phi) is 7.87. The molecule has 3 heteroatoms. The molecule has 0 aromatic heterocycles. The minimum atomic E-state index is -1.75. The van der Waals surface area contributed by atoms with Crippen molar-refractivity contribution in [1.29, 1.82) is 0 Å². The molecular weight excluding hydrogens is 312 g/mol. The second kappa shape index (κ2) is 7.74. The zero-order valence-electron chi connectivity index (χ0n) is 18.4. The van der Waals surface area contributed by atoms with E-state index in [2.05, 4.69) is 81.6 Å². The summed E-state index contributed by atoms with van der Waals surface area (Å²) in [6.07, 6.45) is 5.20. The van der Waals surface area contributed by atoms with Crippen molar-refractivity contribution in [3.05, 3.63) is 0 Å². The lowest BCUT2D eigenvalue weighted by atomic mass is 9.94. The fourth-order valence-corrected chi connectivity index (χ4v) is 9.00. The van der Waals surface area contributed by atoms with Gasteiger partial charge < -0.3 is 4.43 Å². The molecule has 0 heterocycles. The summed E-state index contributed by atoms with van der Waals surface area (Å²) in [6, 6.07) is 1.35. The predicted octanol–water partition coefficient (Wildman–Crippen LogP) is 7.64. The van der Waals surface area contributed by atoms with Gasteiger partial charge in [0.15, 0.2) is 8.32 Å². The number of hydrogen-bond acceptors (Lipinski definition) is 1. The molecule has 0 unspecified atom stereocenters. The van der Waals surface area contributed by atoms with E-state index in [1.165, 1.54) is 31.7 Å². The fraction of sp³-hybridized carbons (Fsp3) is 1.00. The SMILES string of the molecule is CCCCC(C)(C)[Si](C)(C)OC(C)(C)[Si](C)(C)CCC(C)(C)C. The molecule has 0 spiro atoms. The molecule has 1 nitrogen and oxygen atoms in total. The molecule has 0 bridgehead atoms. The molecule has 0 fully saturated rings. The van der Waals surface area contributed by atoms with Gasteiger partial charge in [-0.05, 0) is 43.8 Å². The van der Waals surface area contributed by atoms with Crippen molar-refractivity contribution in [1.82, 2.24) is 0 Å². The van der Waals surface area contributed by atoms with Gasteiger partial charge in [-0.1, -0.05) is 79.9 Å². The Balaban J connectivity index is 5.13. The standard InChI is InChI=1S/C20H46OSi2/c1-13-14-15-19(5,6)23(11,12)21-20(7,8)22(9,10)17-16-18(2,3)4/h13-17H2,1-12H3. The quantitative estimate of drug-likeness (QED) is 0.385. The van der Waals surface area contributed by atoms with Crippen LogP contribution < -0.4 is 0 Å². The molecule has 0 radical (unpaired) electrons. The molecule has 0 saturated heterocycles. The third-order valence-corrected chi connectivity index (χ3v) is 16.0. The summed E-state index contributed by atoms with van der Waals surface area (Å²) in [5, 5.41) is 0.395. The minimum Gasteiger partial charge on any atom is -0.415 e. The second-order valence-corrected chi connectivity index (χ2v) is 21.1. The molecule has 0 saturated carbocycles. The van der Waals surface area contributed by atoms with Crippen molar-refractivity contribution in [3.63, 3.8) is 0 Å². The maximum atomic E-state index is 7.02. The zero-order chi connectivity index (χ0) is 18.7. The van der Waals surface area contributed by atoms with Gasteiger partial charge in [0.05, 0.1) is 8.07 Å². The number of unbranched alkanes of at least 4 members (excludes halogenated alkanes) is 1.